The van der Waals surface area contributed by atoms with Crippen LogP contribution in [0.1, 0.15) is 17.0 Å². The van der Waals surface area contributed by atoms with Crippen LogP contribution < -0.4 is 9.46 Å². The van der Waals surface area contributed by atoms with E-state index in [1.54, 1.807) is 12.1 Å². The van der Waals surface area contributed by atoms with Crippen molar-refractivity contribution in [3.8, 4) is 5.75 Å². The fourth-order valence-corrected chi connectivity index (χ4v) is 3.85. The van der Waals surface area contributed by atoms with Crippen molar-refractivity contribution in [2.45, 2.75) is 25.3 Å². The molecular formula is C17H19N3O3S. The number of methoxy groups -OCH3 is 1. The molecule has 0 aliphatic heterocycles. The van der Waals surface area contributed by atoms with Crippen LogP contribution in [0.3, 0.4) is 0 Å². The number of hydrogen-bond acceptors (Lipinski definition) is 4. The minimum atomic E-state index is -3.70. The predicted octanol–water partition coefficient (Wildman–Crippen LogP) is 2.44. The summed E-state index contributed by atoms with van der Waals surface area (Å²) in [5.41, 5.74) is 3.24. The van der Waals surface area contributed by atoms with Crippen LogP contribution in [-0.4, -0.2) is 24.9 Å². The summed E-state index contributed by atoms with van der Waals surface area (Å²) in [5, 5.41) is 0. The van der Waals surface area contributed by atoms with Crippen molar-refractivity contribution in [3.05, 3.63) is 59.5 Å². The second kappa shape index (κ2) is 6.26. The number of nitrogens with one attached hydrogen (secondary N) is 1. The van der Waals surface area contributed by atoms with E-state index in [1.165, 1.54) is 7.11 Å². The number of rotatable bonds is 5. The molecule has 0 aliphatic carbocycles. The first kappa shape index (κ1) is 16.5. The SMILES string of the molecule is COc1ccc(C)cc1S(=O)(=O)NCc1c(C)nc2ccccn12. The van der Waals surface area contributed by atoms with Crippen LogP contribution in [0, 0.1) is 13.8 Å². The van der Waals surface area contributed by atoms with Gasteiger partial charge >= 0.3 is 0 Å². The average molecular weight is 345 g/mol. The van der Waals surface area contributed by atoms with Crippen LogP contribution in [0.5, 0.6) is 5.75 Å². The summed E-state index contributed by atoms with van der Waals surface area (Å²) < 4.78 is 35.1. The fourth-order valence-electron chi connectivity index (χ4n) is 2.61. The van der Waals surface area contributed by atoms with Gasteiger partial charge in [0.15, 0.2) is 0 Å². The van der Waals surface area contributed by atoms with Crippen molar-refractivity contribution in [3.63, 3.8) is 0 Å². The van der Waals surface area contributed by atoms with Gasteiger partial charge in [0.2, 0.25) is 10.0 Å². The molecule has 7 heteroatoms. The van der Waals surface area contributed by atoms with Crippen LogP contribution in [0.25, 0.3) is 5.65 Å². The molecule has 2 aromatic heterocycles. The van der Waals surface area contributed by atoms with Gasteiger partial charge in [0.1, 0.15) is 16.3 Å². The highest BCUT2D eigenvalue weighted by Crippen LogP contribution is 2.25. The number of benzene rings is 1. The Kier molecular flexibility index (Phi) is 4.29. The van der Waals surface area contributed by atoms with Crippen molar-refractivity contribution in [1.29, 1.82) is 0 Å². The number of nitrogens with zero attached hydrogens (tertiary/aromatic N) is 2. The second-order valence-electron chi connectivity index (χ2n) is 5.55. The molecule has 0 fully saturated rings. The fraction of sp³-hybridized carbons (Fsp3) is 0.235. The van der Waals surface area contributed by atoms with Gasteiger partial charge in [-0.1, -0.05) is 12.1 Å². The number of imidazole rings is 1. The Morgan fingerprint density at radius 3 is 2.75 bits per heavy atom. The van der Waals surface area contributed by atoms with Crippen molar-refractivity contribution in [1.82, 2.24) is 14.1 Å². The number of fused-ring (bicyclic) bond motifs is 1. The zero-order chi connectivity index (χ0) is 17.3. The summed E-state index contributed by atoms with van der Waals surface area (Å²) in [6.07, 6.45) is 1.87. The van der Waals surface area contributed by atoms with Crippen molar-refractivity contribution in [2.75, 3.05) is 7.11 Å². The van der Waals surface area contributed by atoms with Gasteiger partial charge in [-0.2, -0.15) is 0 Å². The Morgan fingerprint density at radius 2 is 2.00 bits per heavy atom. The summed E-state index contributed by atoms with van der Waals surface area (Å²) in [5.74, 6) is 0.322. The van der Waals surface area contributed by atoms with Gasteiger partial charge in [-0.15, -0.1) is 0 Å². The monoisotopic (exact) mass is 345 g/mol. The lowest BCUT2D eigenvalue weighted by Gasteiger charge is -2.12. The third-order valence-corrected chi connectivity index (χ3v) is 5.29. The first-order chi connectivity index (χ1) is 11.4. The van der Waals surface area contributed by atoms with E-state index < -0.39 is 10.0 Å². The second-order valence-corrected chi connectivity index (χ2v) is 7.29. The maximum Gasteiger partial charge on any atom is 0.244 e. The number of hydrogen-bond donors (Lipinski definition) is 1. The van der Waals surface area contributed by atoms with Gasteiger partial charge in [-0.05, 0) is 43.7 Å². The molecule has 0 saturated carbocycles. The van der Waals surface area contributed by atoms with Crippen LogP contribution >= 0.6 is 0 Å². The highest BCUT2D eigenvalue weighted by atomic mass is 32.2. The summed E-state index contributed by atoms with van der Waals surface area (Å²) in [7, 11) is -2.25. The van der Waals surface area contributed by atoms with Gasteiger partial charge in [0.05, 0.1) is 25.0 Å². The van der Waals surface area contributed by atoms with E-state index in [4.69, 9.17) is 4.74 Å². The Morgan fingerprint density at radius 1 is 1.21 bits per heavy atom. The van der Waals surface area contributed by atoms with Crippen molar-refractivity contribution in [2.24, 2.45) is 0 Å². The van der Waals surface area contributed by atoms with Gasteiger partial charge in [-0.25, -0.2) is 18.1 Å². The third kappa shape index (κ3) is 3.00. The van der Waals surface area contributed by atoms with E-state index in [2.05, 4.69) is 9.71 Å². The molecule has 0 unspecified atom stereocenters. The average Bonchev–Trinajstić information content (AvgIpc) is 2.88. The van der Waals surface area contributed by atoms with E-state index in [9.17, 15) is 8.42 Å². The molecule has 0 aliphatic rings. The molecule has 1 aromatic carbocycles. The van der Waals surface area contributed by atoms with Crippen LogP contribution in [0.2, 0.25) is 0 Å². The lowest BCUT2D eigenvalue weighted by Crippen LogP contribution is -2.25. The van der Waals surface area contributed by atoms with Crippen LogP contribution in [0.4, 0.5) is 0 Å². The third-order valence-electron chi connectivity index (χ3n) is 3.87. The molecule has 0 spiro atoms. The zero-order valence-corrected chi connectivity index (χ0v) is 14.6. The summed E-state index contributed by atoms with van der Waals surface area (Å²) >= 11 is 0. The van der Waals surface area contributed by atoms with Crippen molar-refractivity contribution >= 4 is 15.7 Å². The number of pyridine rings is 1. The van der Waals surface area contributed by atoms with Gasteiger partial charge in [-0.3, -0.25) is 0 Å². The van der Waals surface area contributed by atoms with E-state index >= 15 is 0 Å². The lowest BCUT2D eigenvalue weighted by atomic mass is 10.2. The number of aromatic nitrogens is 2. The van der Waals surface area contributed by atoms with E-state index in [1.807, 2.05) is 48.7 Å². The normalized spacial score (nSPS) is 11.8. The maximum atomic E-state index is 12.7. The number of ether oxygens (including phenoxy) is 1. The first-order valence-corrected chi connectivity index (χ1v) is 8.97. The minimum absolute atomic E-state index is 0.136. The first-order valence-electron chi connectivity index (χ1n) is 7.49. The highest BCUT2D eigenvalue weighted by Gasteiger charge is 2.20. The molecule has 0 amide bonds. The van der Waals surface area contributed by atoms with Gasteiger partial charge in [0.25, 0.3) is 0 Å². The lowest BCUT2D eigenvalue weighted by molar-refractivity contribution is 0.402. The number of sulfonamides is 1. The molecule has 0 saturated heterocycles. The molecule has 2 heterocycles. The highest BCUT2D eigenvalue weighted by molar-refractivity contribution is 7.89. The number of aryl methyl sites for hydroxylation is 2. The predicted molar refractivity (Wildman–Crippen MR) is 91.7 cm³/mol. The Hall–Kier alpha value is -2.38. The molecule has 24 heavy (non-hydrogen) atoms. The van der Waals surface area contributed by atoms with Crippen LogP contribution in [-0.2, 0) is 16.6 Å². The topological polar surface area (TPSA) is 72.7 Å². The van der Waals surface area contributed by atoms with Gasteiger partial charge in [0, 0.05) is 6.20 Å². The standard InChI is InChI=1S/C17H19N3O3S/c1-12-7-8-15(23-3)16(10-12)24(21,22)18-11-14-13(2)19-17-6-4-5-9-20(14)17/h4-10,18H,11H2,1-3H3. The smallest absolute Gasteiger partial charge is 0.244 e. The molecule has 0 atom stereocenters. The van der Waals surface area contributed by atoms with Crippen LogP contribution in [0.15, 0.2) is 47.5 Å². The molecule has 6 nitrogen and oxygen atoms in total. The van der Waals surface area contributed by atoms with E-state index in [-0.39, 0.29) is 11.4 Å². The molecule has 3 rings (SSSR count). The minimum Gasteiger partial charge on any atom is -0.495 e. The molecular weight excluding hydrogens is 326 g/mol. The summed E-state index contributed by atoms with van der Waals surface area (Å²) in [6.45, 7) is 3.85. The molecule has 3 aromatic rings. The van der Waals surface area contributed by atoms with Crippen molar-refractivity contribution < 1.29 is 13.2 Å². The van der Waals surface area contributed by atoms with E-state index in [0.29, 0.717) is 5.75 Å². The quantitative estimate of drug-likeness (QED) is 0.771. The van der Waals surface area contributed by atoms with Gasteiger partial charge < -0.3 is 9.14 Å². The summed E-state index contributed by atoms with van der Waals surface area (Å²) in [4.78, 5) is 4.57. The van der Waals surface area contributed by atoms with E-state index in [0.717, 1.165) is 22.6 Å². The molecule has 0 radical (unpaired) electrons. The summed E-state index contributed by atoms with van der Waals surface area (Å²) in [6, 6.07) is 10.7. The molecule has 1 N–H and O–H groups in total. The largest absolute Gasteiger partial charge is 0.495 e. The Balaban J connectivity index is 1.93. The Labute approximate surface area is 141 Å². The molecule has 126 valence electrons. The zero-order valence-electron chi connectivity index (χ0n) is 13.8. The Bertz CT molecular complexity index is 993. The molecule has 0 bridgehead atoms. The maximum absolute atomic E-state index is 12.7.